The van der Waals surface area contributed by atoms with Crippen molar-refractivity contribution in [2.75, 3.05) is 0 Å². The van der Waals surface area contributed by atoms with Gasteiger partial charge in [-0.25, -0.2) is 4.98 Å². The molecule has 0 bridgehead atoms. The molecule has 2 nitrogen and oxygen atoms in total. The fourth-order valence-corrected chi connectivity index (χ4v) is 4.04. The number of benzene rings is 2. The van der Waals surface area contributed by atoms with E-state index in [2.05, 4.69) is 76.0 Å². The summed E-state index contributed by atoms with van der Waals surface area (Å²) < 4.78 is 3.22. The van der Waals surface area contributed by atoms with Gasteiger partial charge in [-0.05, 0) is 29.7 Å². The van der Waals surface area contributed by atoms with E-state index in [1.54, 1.807) is 11.3 Å². The molecule has 2 heterocycles. The maximum Gasteiger partial charge on any atom is 0.194 e. The number of nitrogens with zero attached hydrogens (tertiary/aromatic N) is 2. The van der Waals surface area contributed by atoms with Crippen molar-refractivity contribution in [1.29, 1.82) is 0 Å². The number of thiazole rings is 1. The van der Waals surface area contributed by atoms with Crippen LogP contribution >= 0.6 is 27.3 Å². The third kappa shape index (κ3) is 3.17. The molecule has 0 N–H and O–H groups in total. The van der Waals surface area contributed by atoms with Crippen LogP contribution < -0.4 is 0 Å². The predicted octanol–water partition coefficient (Wildman–Crippen LogP) is 5.98. The van der Waals surface area contributed by atoms with Crippen LogP contribution in [0.25, 0.3) is 16.2 Å². The Balaban J connectivity index is 1.57. The summed E-state index contributed by atoms with van der Waals surface area (Å²) in [5.74, 6) is 0. The first-order chi connectivity index (χ1) is 11.7. The van der Waals surface area contributed by atoms with Crippen LogP contribution in [0.4, 0.5) is 0 Å². The largest absolute Gasteiger partial charge is 0.297 e. The summed E-state index contributed by atoms with van der Waals surface area (Å²) in [5.41, 5.74) is 4.90. The van der Waals surface area contributed by atoms with Gasteiger partial charge < -0.3 is 0 Å². The first-order valence-electron chi connectivity index (χ1n) is 8.02. The Labute approximate surface area is 153 Å². The highest BCUT2D eigenvalue weighted by atomic mass is 79.9. The lowest BCUT2D eigenvalue weighted by Crippen LogP contribution is -1.86. The summed E-state index contributed by atoms with van der Waals surface area (Å²) in [7, 11) is 0. The lowest BCUT2D eigenvalue weighted by atomic mass is 10.1. The molecule has 0 spiro atoms. The van der Waals surface area contributed by atoms with Crippen LogP contribution in [0.2, 0.25) is 0 Å². The zero-order valence-electron chi connectivity index (χ0n) is 13.4. The van der Waals surface area contributed by atoms with Gasteiger partial charge in [0.05, 0.1) is 5.69 Å². The monoisotopic (exact) mass is 396 g/mol. The van der Waals surface area contributed by atoms with Crippen LogP contribution in [-0.4, -0.2) is 9.38 Å². The summed E-state index contributed by atoms with van der Waals surface area (Å²) in [6.45, 7) is 2.19. The van der Waals surface area contributed by atoms with Crippen molar-refractivity contribution < 1.29 is 0 Å². The first kappa shape index (κ1) is 15.6. The minimum atomic E-state index is 0.964. The molecular formula is C20H17BrN2S. The van der Waals surface area contributed by atoms with Crippen molar-refractivity contribution >= 4 is 32.2 Å². The van der Waals surface area contributed by atoms with E-state index in [1.165, 1.54) is 16.0 Å². The summed E-state index contributed by atoms with van der Waals surface area (Å²) in [4.78, 5) is 7.15. The van der Waals surface area contributed by atoms with Crippen molar-refractivity contribution in [3.05, 3.63) is 81.4 Å². The quantitative estimate of drug-likeness (QED) is 0.414. The Hall–Kier alpha value is -1.91. The van der Waals surface area contributed by atoms with Crippen LogP contribution in [0.3, 0.4) is 0 Å². The lowest BCUT2D eigenvalue weighted by Gasteiger charge is -2.00. The van der Waals surface area contributed by atoms with Crippen molar-refractivity contribution in [2.24, 2.45) is 0 Å². The number of fused-ring (bicyclic) bond motifs is 1. The van der Waals surface area contributed by atoms with E-state index in [0.717, 1.165) is 33.5 Å². The molecule has 0 aliphatic heterocycles. The van der Waals surface area contributed by atoms with Crippen molar-refractivity contribution in [1.82, 2.24) is 9.38 Å². The Morgan fingerprint density at radius 2 is 1.67 bits per heavy atom. The molecule has 2 aromatic heterocycles. The molecule has 0 radical (unpaired) electrons. The maximum absolute atomic E-state index is 4.77. The number of halogens is 1. The number of hydrogen-bond acceptors (Lipinski definition) is 2. The molecule has 0 saturated carbocycles. The number of imidazole rings is 1. The summed E-state index contributed by atoms with van der Waals surface area (Å²) in [6.07, 6.45) is 6.36. The molecule has 0 fully saturated rings. The Kier molecular flexibility index (Phi) is 4.25. The summed E-state index contributed by atoms with van der Waals surface area (Å²) in [6, 6.07) is 17.2. The highest BCUT2D eigenvalue weighted by molar-refractivity contribution is 9.10. The zero-order valence-corrected chi connectivity index (χ0v) is 15.8. The highest BCUT2D eigenvalue weighted by Gasteiger charge is 2.09. The third-order valence-electron chi connectivity index (χ3n) is 4.15. The molecule has 4 aromatic rings. The van der Waals surface area contributed by atoms with E-state index in [4.69, 9.17) is 4.98 Å². The van der Waals surface area contributed by atoms with Gasteiger partial charge in [-0.3, -0.25) is 4.40 Å². The molecule has 0 atom stereocenters. The highest BCUT2D eigenvalue weighted by Crippen LogP contribution is 2.26. The van der Waals surface area contributed by atoms with Crippen LogP contribution in [0.1, 0.15) is 22.9 Å². The summed E-state index contributed by atoms with van der Waals surface area (Å²) in [5, 5.41) is 0. The average molecular weight is 397 g/mol. The van der Waals surface area contributed by atoms with Crippen LogP contribution in [-0.2, 0) is 12.8 Å². The lowest BCUT2D eigenvalue weighted by molar-refractivity contribution is 1.12. The van der Waals surface area contributed by atoms with Crippen molar-refractivity contribution in [3.8, 4) is 11.3 Å². The topological polar surface area (TPSA) is 17.3 Å². The Bertz CT molecular complexity index is 934. The molecule has 24 heavy (non-hydrogen) atoms. The van der Waals surface area contributed by atoms with E-state index >= 15 is 0 Å². The molecule has 4 heteroatoms. The second kappa shape index (κ2) is 6.54. The first-order valence-corrected chi connectivity index (χ1v) is 9.63. The fourth-order valence-electron chi connectivity index (χ4n) is 2.78. The number of aryl methyl sites for hydroxylation is 1. The minimum Gasteiger partial charge on any atom is -0.297 e. The molecular weight excluding hydrogens is 380 g/mol. The second-order valence-electron chi connectivity index (χ2n) is 5.87. The molecule has 4 rings (SSSR count). The SMILES string of the molecule is CCc1ccc(Cc2cn3cc(-c4ccc(Br)cc4)nc3s2)cc1. The average Bonchev–Trinajstić information content (AvgIpc) is 3.14. The smallest absolute Gasteiger partial charge is 0.194 e. The van der Waals surface area contributed by atoms with Gasteiger partial charge in [0.25, 0.3) is 0 Å². The number of hydrogen-bond donors (Lipinski definition) is 0. The molecule has 0 saturated heterocycles. The molecule has 0 aliphatic rings. The van der Waals surface area contributed by atoms with Crippen LogP contribution in [0.5, 0.6) is 0 Å². The molecule has 0 unspecified atom stereocenters. The molecule has 0 amide bonds. The van der Waals surface area contributed by atoms with Gasteiger partial charge >= 0.3 is 0 Å². The van der Waals surface area contributed by atoms with Gasteiger partial charge in [0.15, 0.2) is 4.96 Å². The number of rotatable bonds is 4. The normalized spacial score (nSPS) is 11.2. The van der Waals surface area contributed by atoms with E-state index < -0.39 is 0 Å². The molecule has 120 valence electrons. The van der Waals surface area contributed by atoms with Gasteiger partial charge in [0, 0.05) is 33.7 Å². The van der Waals surface area contributed by atoms with Crippen LogP contribution in [0.15, 0.2) is 65.4 Å². The van der Waals surface area contributed by atoms with E-state index in [9.17, 15) is 0 Å². The van der Waals surface area contributed by atoms with E-state index in [-0.39, 0.29) is 0 Å². The Morgan fingerprint density at radius 1 is 0.958 bits per heavy atom. The van der Waals surface area contributed by atoms with Crippen LogP contribution in [0, 0.1) is 0 Å². The van der Waals surface area contributed by atoms with Gasteiger partial charge in [-0.1, -0.05) is 59.3 Å². The number of aromatic nitrogens is 2. The fraction of sp³-hybridized carbons (Fsp3) is 0.150. The van der Waals surface area contributed by atoms with Gasteiger partial charge in [0.1, 0.15) is 0 Å². The molecule has 0 aliphatic carbocycles. The van der Waals surface area contributed by atoms with Crippen molar-refractivity contribution in [3.63, 3.8) is 0 Å². The van der Waals surface area contributed by atoms with Crippen molar-refractivity contribution in [2.45, 2.75) is 19.8 Å². The van der Waals surface area contributed by atoms with Gasteiger partial charge in [-0.15, -0.1) is 11.3 Å². The van der Waals surface area contributed by atoms with Gasteiger partial charge in [-0.2, -0.15) is 0 Å². The standard InChI is InChI=1S/C20H17BrN2S/c1-2-14-3-5-15(6-4-14)11-18-12-23-13-19(22-20(23)24-18)16-7-9-17(21)10-8-16/h3-10,12-13H,2,11H2,1H3. The molecule has 2 aromatic carbocycles. The minimum absolute atomic E-state index is 0.964. The zero-order chi connectivity index (χ0) is 16.5. The van der Waals surface area contributed by atoms with Gasteiger partial charge in [0.2, 0.25) is 0 Å². The Morgan fingerprint density at radius 3 is 2.33 bits per heavy atom. The maximum atomic E-state index is 4.77. The predicted molar refractivity (Wildman–Crippen MR) is 105 cm³/mol. The van der Waals surface area contributed by atoms with E-state index in [0.29, 0.717) is 0 Å². The third-order valence-corrected chi connectivity index (χ3v) is 5.68. The summed E-state index contributed by atoms with van der Waals surface area (Å²) >= 11 is 5.23. The van der Waals surface area contributed by atoms with E-state index in [1.807, 2.05) is 12.1 Å². The second-order valence-corrected chi connectivity index (χ2v) is 7.88.